The summed E-state index contributed by atoms with van der Waals surface area (Å²) in [4.78, 5) is 4.47. The number of nitrogens with one attached hydrogen (secondary N) is 1. The molecule has 0 saturated heterocycles. The van der Waals surface area contributed by atoms with Gasteiger partial charge in [-0.1, -0.05) is 12.1 Å². The zero-order chi connectivity index (χ0) is 12.5. The van der Waals surface area contributed by atoms with E-state index in [4.69, 9.17) is 4.52 Å². The van der Waals surface area contributed by atoms with Crippen molar-refractivity contribution in [1.82, 2.24) is 15.5 Å². The van der Waals surface area contributed by atoms with Crippen molar-refractivity contribution in [3.63, 3.8) is 0 Å². The predicted molar refractivity (Wildman–Crippen MR) is 66.9 cm³/mol. The van der Waals surface area contributed by atoms with Crippen LogP contribution in [0.25, 0.3) is 0 Å². The Bertz CT molecular complexity index is 363. The van der Waals surface area contributed by atoms with Crippen molar-refractivity contribution >= 4 is 0 Å². The molecule has 0 amide bonds. The first-order chi connectivity index (χ1) is 7.98. The molecule has 1 aromatic heterocycles. The van der Waals surface area contributed by atoms with Gasteiger partial charge in [0.25, 0.3) is 0 Å². The Hall–Kier alpha value is -0.900. The zero-order valence-corrected chi connectivity index (χ0v) is 11.3. The van der Waals surface area contributed by atoms with Crippen LogP contribution >= 0.6 is 0 Å². The molecular weight excluding hydrogens is 214 g/mol. The fourth-order valence-electron chi connectivity index (χ4n) is 1.98. The Morgan fingerprint density at radius 2 is 2.12 bits per heavy atom. The van der Waals surface area contributed by atoms with Gasteiger partial charge in [0, 0.05) is 23.9 Å². The summed E-state index contributed by atoms with van der Waals surface area (Å²) in [6.07, 6.45) is 4.33. The molecule has 0 aromatic carbocycles. The van der Waals surface area contributed by atoms with Crippen LogP contribution in [0.3, 0.4) is 0 Å². The topological polar surface area (TPSA) is 51.0 Å². The number of hydrogen-bond acceptors (Lipinski definition) is 4. The molecule has 1 atom stereocenters. The Morgan fingerprint density at radius 1 is 1.41 bits per heavy atom. The van der Waals surface area contributed by atoms with E-state index in [0.29, 0.717) is 12.0 Å². The summed E-state index contributed by atoms with van der Waals surface area (Å²) in [5, 5.41) is 7.63. The van der Waals surface area contributed by atoms with Crippen LogP contribution in [-0.4, -0.2) is 21.7 Å². The second-order valence-electron chi connectivity index (χ2n) is 6.02. The van der Waals surface area contributed by atoms with Crippen molar-refractivity contribution in [2.24, 2.45) is 0 Å². The van der Waals surface area contributed by atoms with Crippen LogP contribution in [0.15, 0.2) is 4.52 Å². The summed E-state index contributed by atoms with van der Waals surface area (Å²) < 4.78 is 5.31. The van der Waals surface area contributed by atoms with E-state index >= 15 is 0 Å². The first-order valence-corrected chi connectivity index (χ1v) is 6.58. The van der Waals surface area contributed by atoms with Crippen molar-refractivity contribution < 1.29 is 4.52 Å². The van der Waals surface area contributed by atoms with Crippen LogP contribution in [0, 0.1) is 0 Å². The summed E-state index contributed by atoms with van der Waals surface area (Å²) in [6, 6.07) is 0.405. The minimum atomic E-state index is 0.125. The van der Waals surface area contributed by atoms with Crippen molar-refractivity contribution in [2.75, 3.05) is 0 Å². The molecule has 1 saturated carbocycles. The minimum Gasteiger partial charge on any atom is -0.339 e. The normalized spacial score (nSPS) is 18.4. The highest BCUT2D eigenvalue weighted by atomic mass is 16.5. The van der Waals surface area contributed by atoms with Gasteiger partial charge in [-0.2, -0.15) is 4.98 Å². The maximum Gasteiger partial charge on any atom is 0.228 e. The molecule has 1 unspecified atom stereocenters. The van der Waals surface area contributed by atoms with E-state index in [1.54, 1.807) is 0 Å². The molecule has 1 fully saturated rings. The molecule has 1 aliphatic rings. The number of nitrogens with zero attached hydrogens (tertiary/aromatic N) is 2. The summed E-state index contributed by atoms with van der Waals surface area (Å²) in [7, 11) is 0. The lowest BCUT2D eigenvalue weighted by atomic mass is 10.0. The molecule has 0 radical (unpaired) electrons. The third-order valence-corrected chi connectivity index (χ3v) is 2.98. The van der Waals surface area contributed by atoms with Gasteiger partial charge in [-0.3, -0.25) is 0 Å². The van der Waals surface area contributed by atoms with E-state index in [1.807, 2.05) is 0 Å². The Kier molecular flexibility index (Phi) is 3.52. The van der Waals surface area contributed by atoms with Crippen molar-refractivity contribution in [3.8, 4) is 0 Å². The van der Waals surface area contributed by atoms with E-state index in [2.05, 4.69) is 43.2 Å². The highest BCUT2D eigenvalue weighted by Gasteiger charge is 2.29. The van der Waals surface area contributed by atoms with E-state index in [-0.39, 0.29) is 5.54 Å². The fourth-order valence-corrected chi connectivity index (χ4v) is 1.98. The Balaban J connectivity index is 1.92. The number of aromatic nitrogens is 2. The third-order valence-electron chi connectivity index (χ3n) is 2.98. The summed E-state index contributed by atoms with van der Waals surface area (Å²) in [5.74, 6) is 2.25. The van der Waals surface area contributed by atoms with Gasteiger partial charge in [0.2, 0.25) is 5.89 Å². The standard InChI is InChI=1S/C13H23N3O/c1-5-10(15-13(2,3)4)8-11-14-12(16-17-11)9-6-7-9/h9-10,15H,5-8H2,1-4H3. The van der Waals surface area contributed by atoms with E-state index < -0.39 is 0 Å². The average Bonchev–Trinajstić information content (AvgIpc) is 2.97. The van der Waals surface area contributed by atoms with Gasteiger partial charge in [-0.25, -0.2) is 0 Å². The molecule has 1 aliphatic carbocycles. The first-order valence-electron chi connectivity index (χ1n) is 6.58. The van der Waals surface area contributed by atoms with Gasteiger partial charge in [0.1, 0.15) is 0 Å². The van der Waals surface area contributed by atoms with Crippen molar-refractivity contribution in [3.05, 3.63) is 11.7 Å². The second kappa shape index (κ2) is 4.77. The monoisotopic (exact) mass is 237 g/mol. The zero-order valence-electron chi connectivity index (χ0n) is 11.3. The molecule has 0 bridgehead atoms. The van der Waals surface area contributed by atoms with E-state index in [0.717, 1.165) is 24.6 Å². The molecule has 4 heteroatoms. The number of rotatable bonds is 5. The molecule has 2 rings (SSSR count). The molecule has 1 N–H and O–H groups in total. The first kappa shape index (κ1) is 12.6. The number of hydrogen-bond donors (Lipinski definition) is 1. The van der Waals surface area contributed by atoms with Gasteiger partial charge in [-0.15, -0.1) is 0 Å². The largest absolute Gasteiger partial charge is 0.339 e. The van der Waals surface area contributed by atoms with Gasteiger partial charge in [0.15, 0.2) is 5.82 Å². The van der Waals surface area contributed by atoms with E-state index in [9.17, 15) is 0 Å². The Labute approximate surface area is 103 Å². The maximum absolute atomic E-state index is 5.31. The molecule has 4 nitrogen and oxygen atoms in total. The Morgan fingerprint density at radius 3 is 2.65 bits per heavy atom. The lowest BCUT2D eigenvalue weighted by molar-refractivity contribution is 0.311. The highest BCUT2D eigenvalue weighted by Crippen LogP contribution is 2.38. The van der Waals surface area contributed by atoms with Crippen LogP contribution in [0.5, 0.6) is 0 Å². The maximum atomic E-state index is 5.31. The van der Waals surface area contributed by atoms with Crippen LogP contribution in [0.4, 0.5) is 0 Å². The van der Waals surface area contributed by atoms with Crippen LogP contribution in [-0.2, 0) is 6.42 Å². The van der Waals surface area contributed by atoms with E-state index in [1.165, 1.54) is 12.8 Å². The molecule has 1 heterocycles. The van der Waals surface area contributed by atoms with Gasteiger partial charge >= 0.3 is 0 Å². The quantitative estimate of drug-likeness (QED) is 0.855. The molecular formula is C13H23N3O. The summed E-state index contributed by atoms with van der Waals surface area (Å²) >= 11 is 0. The highest BCUT2D eigenvalue weighted by molar-refractivity contribution is 5.04. The predicted octanol–water partition coefficient (Wildman–Crippen LogP) is 2.66. The van der Waals surface area contributed by atoms with Crippen LogP contribution in [0.2, 0.25) is 0 Å². The molecule has 17 heavy (non-hydrogen) atoms. The lowest BCUT2D eigenvalue weighted by Crippen LogP contribution is -2.44. The molecule has 0 spiro atoms. The fraction of sp³-hybridized carbons (Fsp3) is 0.846. The minimum absolute atomic E-state index is 0.125. The summed E-state index contributed by atoms with van der Waals surface area (Å²) in [5.41, 5.74) is 0.125. The molecule has 96 valence electrons. The molecule has 1 aromatic rings. The van der Waals surface area contributed by atoms with Crippen LogP contribution < -0.4 is 5.32 Å². The molecule has 0 aliphatic heterocycles. The van der Waals surface area contributed by atoms with Crippen molar-refractivity contribution in [2.45, 2.75) is 70.9 Å². The van der Waals surface area contributed by atoms with Gasteiger partial charge in [0.05, 0.1) is 0 Å². The van der Waals surface area contributed by atoms with Crippen LogP contribution in [0.1, 0.15) is 64.6 Å². The SMILES string of the molecule is CCC(Cc1nc(C2CC2)no1)NC(C)(C)C. The smallest absolute Gasteiger partial charge is 0.228 e. The van der Waals surface area contributed by atoms with Gasteiger partial charge in [-0.05, 0) is 40.0 Å². The second-order valence-corrected chi connectivity index (χ2v) is 6.02. The lowest BCUT2D eigenvalue weighted by Gasteiger charge is -2.27. The third kappa shape index (κ3) is 3.80. The van der Waals surface area contributed by atoms with Crippen molar-refractivity contribution in [1.29, 1.82) is 0 Å². The summed E-state index contributed by atoms with van der Waals surface area (Å²) in [6.45, 7) is 8.72. The van der Waals surface area contributed by atoms with Gasteiger partial charge < -0.3 is 9.84 Å². The average molecular weight is 237 g/mol.